The Morgan fingerprint density at radius 2 is 1.88 bits per heavy atom. The molecule has 0 bridgehead atoms. The van der Waals surface area contributed by atoms with Gasteiger partial charge < -0.3 is 10.5 Å². The molecule has 138 valence electrons. The van der Waals surface area contributed by atoms with Gasteiger partial charge in [0.05, 0.1) is 23.0 Å². The lowest BCUT2D eigenvalue weighted by Gasteiger charge is -2.09. The van der Waals surface area contributed by atoms with E-state index in [4.69, 9.17) is 45.3 Å². The van der Waals surface area contributed by atoms with E-state index < -0.39 is 5.91 Å². The smallest absolute Gasteiger partial charge is 0.291 e. The van der Waals surface area contributed by atoms with Crippen LogP contribution in [0, 0.1) is 0 Å². The number of carbonyl (C=O) groups excluding carboxylic acids is 1. The number of halogens is 3. The molecule has 0 aliphatic heterocycles. The van der Waals surface area contributed by atoms with E-state index in [0.29, 0.717) is 12.3 Å². The summed E-state index contributed by atoms with van der Waals surface area (Å²) in [6.07, 6.45) is 0.935. The number of nitrogens with one attached hydrogen (secondary N) is 1. The van der Waals surface area contributed by atoms with E-state index in [2.05, 4.69) is 15.5 Å². The number of anilines is 1. The molecule has 1 amide bonds. The molecule has 26 heavy (non-hydrogen) atoms. The number of amides is 1. The molecule has 1 heterocycles. The molecule has 0 saturated heterocycles. The lowest BCUT2D eigenvalue weighted by molar-refractivity contribution is 0.0950. The third kappa shape index (κ3) is 4.78. The molecular weight excluding hydrogens is 399 g/mol. The molecular formula is C17H17Cl3N4O2. The minimum absolute atomic E-state index is 0.00159. The highest BCUT2D eigenvalue weighted by atomic mass is 35.5. The van der Waals surface area contributed by atoms with Gasteiger partial charge in [-0.25, -0.2) is 10.4 Å². The van der Waals surface area contributed by atoms with E-state index in [-0.39, 0.29) is 26.6 Å². The molecule has 0 radical (unpaired) electrons. The summed E-state index contributed by atoms with van der Waals surface area (Å²) in [7, 11) is 0. The second-order valence-corrected chi connectivity index (χ2v) is 6.42. The molecule has 0 unspecified atom stereocenters. The highest BCUT2D eigenvalue weighted by molar-refractivity contribution is 6.46. The number of nitrogens with two attached hydrogens (primary N) is 1. The second-order valence-electron chi connectivity index (χ2n) is 5.30. The number of rotatable bonds is 6. The summed E-state index contributed by atoms with van der Waals surface area (Å²) in [6.45, 7) is 4.44. The third-order valence-corrected chi connectivity index (χ3v) is 4.49. The second kappa shape index (κ2) is 9.07. The number of pyridine rings is 1. The van der Waals surface area contributed by atoms with Crippen LogP contribution in [0.5, 0.6) is 5.75 Å². The molecule has 0 saturated carbocycles. The molecule has 0 fully saturated rings. The number of carbonyl (C=O) groups is 1. The zero-order valence-electron chi connectivity index (χ0n) is 14.1. The van der Waals surface area contributed by atoms with Crippen molar-refractivity contribution in [3.05, 3.63) is 50.7 Å². The summed E-state index contributed by atoms with van der Waals surface area (Å²) in [5, 5.41) is 3.85. The molecule has 9 heteroatoms. The van der Waals surface area contributed by atoms with Crippen LogP contribution in [0.2, 0.25) is 15.2 Å². The Bertz CT molecular complexity index is 839. The van der Waals surface area contributed by atoms with Crippen LogP contribution in [0.15, 0.2) is 29.4 Å². The third-order valence-electron chi connectivity index (χ3n) is 3.36. The van der Waals surface area contributed by atoms with Crippen molar-refractivity contribution in [2.24, 2.45) is 5.10 Å². The molecule has 0 atom stereocenters. The molecule has 3 N–H and O–H groups in total. The van der Waals surface area contributed by atoms with Crippen LogP contribution in [-0.4, -0.2) is 23.2 Å². The van der Waals surface area contributed by atoms with Gasteiger partial charge in [-0.1, -0.05) is 41.7 Å². The number of nitrogens with zero attached hydrogens (tertiary/aromatic N) is 2. The summed E-state index contributed by atoms with van der Waals surface area (Å²) < 4.78 is 5.52. The van der Waals surface area contributed by atoms with Crippen molar-refractivity contribution >= 4 is 52.1 Å². The van der Waals surface area contributed by atoms with Crippen LogP contribution in [0.1, 0.15) is 36.3 Å². The molecule has 1 aromatic carbocycles. The first-order valence-electron chi connectivity index (χ1n) is 7.73. The molecule has 0 aliphatic rings. The number of hydrogen-bond acceptors (Lipinski definition) is 5. The maximum Gasteiger partial charge on any atom is 0.291 e. The first-order valence-corrected chi connectivity index (χ1v) is 8.86. The summed E-state index contributed by atoms with van der Waals surface area (Å²) in [5.41, 5.74) is 9.32. The average Bonchev–Trinajstić information content (AvgIpc) is 2.65. The molecule has 0 aliphatic carbocycles. The maximum absolute atomic E-state index is 12.2. The van der Waals surface area contributed by atoms with Gasteiger partial charge in [-0.3, -0.25) is 4.79 Å². The van der Waals surface area contributed by atoms with Crippen LogP contribution in [0.3, 0.4) is 0 Å². The quantitative estimate of drug-likeness (QED) is 0.411. The van der Waals surface area contributed by atoms with Crippen LogP contribution in [0.4, 0.5) is 5.69 Å². The van der Waals surface area contributed by atoms with Gasteiger partial charge in [0.2, 0.25) is 0 Å². The first kappa shape index (κ1) is 20.3. The first-order chi connectivity index (χ1) is 12.3. The van der Waals surface area contributed by atoms with Gasteiger partial charge in [-0.15, -0.1) is 0 Å². The molecule has 6 nitrogen and oxygen atoms in total. The van der Waals surface area contributed by atoms with Gasteiger partial charge in [-0.05, 0) is 43.2 Å². The van der Waals surface area contributed by atoms with E-state index in [9.17, 15) is 4.79 Å². The van der Waals surface area contributed by atoms with Crippen molar-refractivity contribution in [2.75, 3.05) is 12.3 Å². The Hall–Kier alpha value is -2.02. The molecule has 0 spiro atoms. The van der Waals surface area contributed by atoms with Crippen molar-refractivity contribution in [3.8, 4) is 5.75 Å². The Morgan fingerprint density at radius 1 is 1.23 bits per heavy atom. The van der Waals surface area contributed by atoms with Crippen LogP contribution in [0.25, 0.3) is 0 Å². The lowest BCUT2D eigenvalue weighted by atomic mass is 10.1. The van der Waals surface area contributed by atoms with Crippen molar-refractivity contribution in [2.45, 2.75) is 20.3 Å². The Balaban J connectivity index is 2.12. The van der Waals surface area contributed by atoms with Gasteiger partial charge in [0.1, 0.15) is 10.8 Å². The average molecular weight is 416 g/mol. The van der Waals surface area contributed by atoms with E-state index in [1.165, 1.54) is 0 Å². The van der Waals surface area contributed by atoms with Crippen molar-refractivity contribution in [1.29, 1.82) is 0 Å². The monoisotopic (exact) mass is 414 g/mol. The standard InChI is InChI=1S/C17H17Cl3N4O2/c1-3-8-26-11-6-4-10(5-7-11)9(2)23-24-17(25)15-12(18)14(21)13(19)16(20)22-15/h4-7H,3,8H2,1-2H3,(H2,21,22)(H,24,25)/b23-9-. The zero-order valence-corrected chi connectivity index (χ0v) is 16.4. The van der Waals surface area contributed by atoms with Gasteiger partial charge in [0.15, 0.2) is 10.8 Å². The molecule has 2 rings (SSSR count). The summed E-state index contributed by atoms with van der Waals surface area (Å²) in [6, 6.07) is 7.37. The highest BCUT2D eigenvalue weighted by Gasteiger charge is 2.19. The van der Waals surface area contributed by atoms with Crippen LogP contribution < -0.4 is 15.9 Å². The number of hydrazone groups is 1. The van der Waals surface area contributed by atoms with Crippen molar-refractivity contribution in [1.82, 2.24) is 10.4 Å². The maximum atomic E-state index is 12.2. The van der Waals surface area contributed by atoms with E-state index in [0.717, 1.165) is 17.7 Å². The van der Waals surface area contributed by atoms with Crippen molar-refractivity contribution in [3.63, 3.8) is 0 Å². The minimum atomic E-state index is -0.650. The summed E-state index contributed by atoms with van der Waals surface area (Å²) in [4.78, 5) is 16.1. The van der Waals surface area contributed by atoms with Gasteiger partial charge in [0.25, 0.3) is 5.91 Å². The predicted molar refractivity (Wildman–Crippen MR) is 106 cm³/mol. The number of benzene rings is 1. The highest BCUT2D eigenvalue weighted by Crippen LogP contribution is 2.34. The largest absolute Gasteiger partial charge is 0.494 e. The van der Waals surface area contributed by atoms with Gasteiger partial charge in [-0.2, -0.15) is 5.10 Å². The van der Waals surface area contributed by atoms with Crippen LogP contribution in [-0.2, 0) is 0 Å². The fourth-order valence-corrected chi connectivity index (χ4v) is 2.54. The Labute approximate surface area is 166 Å². The normalized spacial score (nSPS) is 11.3. The Morgan fingerprint density at radius 3 is 2.50 bits per heavy atom. The SMILES string of the molecule is CCCOc1ccc(/C(C)=N\NC(=O)c2nc(Cl)c(Cl)c(N)c2Cl)cc1. The van der Waals surface area contributed by atoms with Crippen LogP contribution >= 0.6 is 34.8 Å². The fraction of sp³-hybridized carbons (Fsp3) is 0.235. The van der Waals surface area contributed by atoms with Crippen molar-refractivity contribution < 1.29 is 9.53 Å². The number of hydrogen-bond donors (Lipinski definition) is 2. The molecule has 2 aromatic rings. The van der Waals surface area contributed by atoms with Gasteiger partial charge >= 0.3 is 0 Å². The van der Waals surface area contributed by atoms with E-state index in [1.807, 2.05) is 31.2 Å². The van der Waals surface area contributed by atoms with E-state index >= 15 is 0 Å². The zero-order chi connectivity index (χ0) is 19.3. The van der Waals surface area contributed by atoms with E-state index in [1.54, 1.807) is 6.92 Å². The minimum Gasteiger partial charge on any atom is -0.494 e. The van der Waals surface area contributed by atoms with Gasteiger partial charge in [0, 0.05) is 0 Å². The number of nitrogen functional groups attached to an aromatic ring is 1. The fourth-order valence-electron chi connectivity index (χ4n) is 1.95. The number of aromatic nitrogens is 1. The summed E-state index contributed by atoms with van der Waals surface area (Å²) >= 11 is 17.7. The summed E-state index contributed by atoms with van der Waals surface area (Å²) in [5.74, 6) is 0.122. The molecule has 1 aromatic heterocycles. The Kier molecular flexibility index (Phi) is 7.08. The topological polar surface area (TPSA) is 89.6 Å². The predicted octanol–water partition coefficient (Wildman–Crippen LogP) is 4.57. The number of ether oxygens (including phenoxy) is 1. The lowest BCUT2D eigenvalue weighted by Crippen LogP contribution is -2.21.